The number of anilines is 3. The van der Waals surface area contributed by atoms with Crippen LogP contribution in [0.5, 0.6) is 0 Å². The highest BCUT2D eigenvalue weighted by molar-refractivity contribution is 7.91. The third-order valence-corrected chi connectivity index (χ3v) is 9.15. The normalized spacial score (nSPS) is 17.0. The summed E-state index contributed by atoms with van der Waals surface area (Å²) in [5, 5.41) is 10.1. The number of hydrogen-bond acceptors (Lipinski definition) is 9. The molecule has 0 aromatic carbocycles. The van der Waals surface area contributed by atoms with Crippen molar-refractivity contribution < 1.29 is 18.0 Å². The van der Waals surface area contributed by atoms with Crippen LogP contribution in [0.2, 0.25) is 0 Å². The zero-order chi connectivity index (χ0) is 24.7. The van der Waals surface area contributed by atoms with E-state index in [1.165, 1.54) is 6.92 Å². The Morgan fingerprint density at radius 1 is 1.09 bits per heavy atom. The van der Waals surface area contributed by atoms with Crippen molar-refractivity contribution in [3.05, 3.63) is 23.9 Å². The summed E-state index contributed by atoms with van der Waals surface area (Å²) in [7, 11) is -3.76. The lowest BCUT2D eigenvalue weighted by atomic mass is 10.1. The van der Waals surface area contributed by atoms with Gasteiger partial charge in [-0.2, -0.15) is 9.50 Å². The van der Waals surface area contributed by atoms with Crippen LogP contribution in [0.15, 0.2) is 22.4 Å². The summed E-state index contributed by atoms with van der Waals surface area (Å²) in [6.45, 7) is 4.20. The van der Waals surface area contributed by atoms with E-state index in [1.54, 1.807) is 11.4 Å². The SMILES string of the molecule is CC(=O)Nc1nc(C)c(S(=O)(=O)NC2CCN(c3cccc4nc(NC(=O)C5CC5)nn34)CC2)s1. The molecule has 1 aliphatic heterocycles. The molecule has 0 atom stereocenters. The van der Waals surface area contributed by atoms with E-state index in [9.17, 15) is 18.0 Å². The third-order valence-electron chi connectivity index (χ3n) is 5.94. The van der Waals surface area contributed by atoms with Gasteiger partial charge in [-0.3, -0.25) is 14.9 Å². The van der Waals surface area contributed by atoms with E-state index in [1.807, 2.05) is 18.2 Å². The van der Waals surface area contributed by atoms with Gasteiger partial charge in [0.1, 0.15) is 5.82 Å². The van der Waals surface area contributed by atoms with Crippen LogP contribution < -0.4 is 20.3 Å². The lowest BCUT2D eigenvalue weighted by Gasteiger charge is -2.33. The maximum atomic E-state index is 13.0. The van der Waals surface area contributed by atoms with Gasteiger partial charge >= 0.3 is 0 Å². The molecule has 12 nitrogen and oxygen atoms in total. The smallest absolute Gasteiger partial charge is 0.252 e. The average Bonchev–Trinajstić information content (AvgIpc) is 3.47. The minimum absolute atomic E-state index is 0.0454. The summed E-state index contributed by atoms with van der Waals surface area (Å²) in [6.07, 6.45) is 3.02. The minimum atomic E-state index is -3.76. The number of aryl methyl sites for hydroxylation is 1. The number of carbonyl (C=O) groups excluding carboxylic acids is 2. The lowest BCUT2D eigenvalue weighted by molar-refractivity contribution is -0.117. The predicted molar refractivity (Wildman–Crippen MR) is 131 cm³/mol. The van der Waals surface area contributed by atoms with Crippen molar-refractivity contribution in [3.8, 4) is 0 Å². The second-order valence-electron chi connectivity index (χ2n) is 8.81. The van der Waals surface area contributed by atoms with E-state index >= 15 is 0 Å². The average molecular weight is 519 g/mol. The van der Waals surface area contributed by atoms with Gasteiger partial charge in [-0.25, -0.2) is 18.1 Å². The summed E-state index contributed by atoms with van der Waals surface area (Å²) >= 11 is 0.942. The number of pyridine rings is 1. The molecule has 4 heterocycles. The highest BCUT2D eigenvalue weighted by Crippen LogP contribution is 2.30. The fourth-order valence-electron chi connectivity index (χ4n) is 4.08. The first-order valence-electron chi connectivity index (χ1n) is 11.4. The van der Waals surface area contributed by atoms with Gasteiger partial charge in [0.05, 0.1) is 5.69 Å². The Morgan fingerprint density at radius 2 is 1.83 bits per heavy atom. The maximum Gasteiger partial charge on any atom is 0.252 e. The number of hydrogen-bond donors (Lipinski definition) is 3. The molecule has 186 valence electrons. The molecule has 3 aromatic rings. The van der Waals surface area contributed by atoms with E-state index in [2.05, 4.69) is 35.3 Å². The Bertz CT molecular complexity index is 1390. The molecule has 0 unspecified atom stereocenters. The van der Waals surface area contributed by atoms with Crippen LogP contribution in [0.3, 0.4) is 0 Å². The van der Waals surface area contributed by atoms with Gasteiger partial charge in [0.15, 0.2) is 15.0 Å². The second kappa shape index (κ2) is 9.17. The lowest BCUT2D eigenvalue weighted by Crippen LogP contribution is -2.45. The number of carbonyl (C=O) groups is 2. The van der Waals surface area contributed by atoms with Gasteiger partial charge in [-0.05, 0) is 44.7 Å². The first kappa shape index (κ1) is 23.6. The number of rotatable bonds is 7. The molecule has 0 radical (unpaired) electrons. The van der Waals surface area contributed by atoms with Gasteiger partial charge in [0.25, 0.3) is 10.0 Å². The zero-order valence-electron chi connectivity index (χ0n) is 19.3. The molecule has 35 heavy (non-hydrogen) atoms. The van der Waals surface area contributed by atoms with Crippen LogP contribution in [0, 0.1) is 12.8 Å². The zero-order valence-corrected chi connectivity index (χ0v) is 20.9. The van der Waals surface area contributed by atoms with Crippen LogP contribution in [0.4, 0.5) is 16.9 Å². The first-order valence-corrected chi connectivity index (χ1v) is 13.7. The molecule has 1 aliphatic carbocycles. The van der Waals surface area contributed by atoms with Crippen LogP contribution >= 0.6 is 11.3 Å². The molecular formula is C21H26N8O4S2. The van der Waals surface area contributed by atoms with Crippen molar-refractivity contribution in [1.82, 2.24) is 24.3 Å². The van der Waals surface area contributed by atoms with Crippen molar-refractivity contribution >= 4 is 55.7 Å². The highest BCUT2D eigenvalue weighted by Gasteiger charge is 2.31. The van der Waals surface area contributed by atoms with Gasteiger partial charge in [-0.1, -0.05) is 17.4 Å². The van der Waals surface area contributed by atoms with Gasteiger partial charge in [0.2, 0.25) is 17.8 Å². The van der Waals surface area contributed by atoms with Gasteiger partial charge in [-0.15, -0.1) is 5.10 Å². The van der Waals surface area contributed by atoms with Crippen molar-refractivity contribution in [3.63, 3.8) is 0 Å². The number of piperidine rings is 1. The van der Waals surface area contributed by atoms with Crippen LogP contribution in [0.1, 0.15) is 38.3 Å². The van der Waals surface area contributed by atoms with E-state index in [0.717, 1.165) is 30.0 Å². The highest BCUT2D eigenvalue weighted by atomic mass is 32.2. The number of fused-ring (bicyclic) bond motifs is 1. The van der Waals surface area contributed by atoms with Crippen LogP contribution in [-0.2, 0) is 19.6 Å². The molecule has 0 spiro atoms. The molecule has 2 fully saturated rings. The summed E-state index contributed by atoms with van der Waals surface area (Å²) in [4.78, 5) is 34.0. The number of amides is 2. The fraction of sp³-hybridized carbons (Fsp3) is 0.476. The number of thiazole rings is 1. The summed E-state index contributed by atoms with van der Waals surface area (Å²) in [5.74, 6) is 0.838. The third kappa shape index (κ3) is 5.13. The monoisotopic (exact) mass is 518 g/mol. The number of aromatic nitrogens is 4. The number of sulfonamides is 1. The quantitative estimate of drug-likeness (QED) is 0.428. The first-order chi connectivity index (χ1) is 16.7. The van der Waals surface area contributed by atoms with E-state index in [4.69, 9.17) is 0 Å². The maximum absolute atomic E-state index is 13.0. The molecule has 2 aliphatic rings. The van der Waals surface area contributed by atoms with E-state index < -0.39 is 10.0 Å². The molecule has 14 heteroatoms. The van der Waals surface area contributed by atoms with Crippen LogP contribution in [-0.4, -0.2) is 58.9 Å². The molecule has 0 bridgehead atoms. The minimum Gasteiger partial charge on any atom is -0.356 e. The number of nitrogens with zero attached hydrogens (tertiary/aromatic N) is 5. The van der Waals surface area contributed by atoms with Gasteiger partial charge < -0.3 is 10.2 Å². The predicted octanol–water partition coefficient (Wildman–Crippen LogP) is 1.75. The Hall–Kier alpha value is -3.10. The molecule has 1 saturated heterocycles. The van der Waals surface area contributed by atoms with Gasteiger partial charge in [0, 0.05) is 32.0 Å². The summed E-state index contributed by atoms with van der Waals surface area (Å²) in [5.41, 5.74) is 0.984. The van der Waals surface area contributed by atoms with Crippen molar-refractivity contribution in [1.29, 1.82) is 0 Å². The Kier molecular flexibility index (Phi) is 6.19. The van der Waals surface area contributed by atoms with E-state index in [-0.39, 0.29) is 39.1 Å². The largest absolute Gasteiger partial charge is 0.356 e. The number of nitrogens with one attached hydrogen (secondary N) is 3. The molecule has 3 N–H and O–H groups in total. The topological polar surface area (TPSA) is 151 Å². The van der Waals surface area contributed by atoms with Crippen molar-refractivity contribution in [2.75, 3.05) is 28.6 Å². The summed E-state index contributed by atoms with van der Waals surface area (Å²) in [6, 6.07) is 5.42. The fourth-order valence-corrected chi connectivity index (χ4v) is 6.86. The Morgan fingerprint density at radius 3 is 2.51 bits per heavy atom. The van der Waals surface area contributed by atoms with Crippen LogP contribution in [0.25, 0.3) is 5.65 Å². The standard InChI is InChI=1S/C21H26N8O4S2/c1-12-19(34-21(22-12)23-13(2)30)35(32,33)27-15-8-10-28(11-9-15)17-5-3-4-16-24-20(26-29(16)17)25-18(31)14-6-7-14/h3-5,14-15,27H,6-11H2,1-2H3,(H,22,23,30)(H,25,26,31). The molecule has 5 rings (SSSR count). The Labute approximate surface area is 206 Å². The molecule has 2 amide bonds. The molecule has 1 saturated carbocycles. The molecule has 3 aromatic heterocycles. The molecular weight excluding hydrogens is 492 g/mol. The van der Waals surface area contributed by atoms with Crippen molar-refractivity contribution in [2.45, 2.75) is 49.8 Å². The van der Waals surface area contributed by atoms with E-state index in [0.29, 0.717) is 37.3 Å². The summed E-state index contributed by atoms with van der Waals surface area (Å²) < 4.78 is 30.5. The second-order valence-corrected chi connectivity index (χ2v) is 11.7. The Balaban J connectivity index is 1.25. The van der Waals surface area contributed by atoms with Crippen molar-refractivity contribution in [2.24, 2.45) is 5.92 Å².